The van der Waals surface area contributed by atoms with Crippen LogP contribution in [0.1, 0.15) is 74.9 Å². The molecule has 0 saturated heterocycles. The fraction of sp³-hybridized carbons (Fsp3) is 0.800. The SMILES string of the molecule is CCCNCc1sc(C2CCC2)nc1C(C)(C)C. The molecule has 1 heterocycles. The number of aromatic nitrogens is 1. The van der Waals surface area contributed by atoms with Crippen LogP contribution in [0.25, 0.3) is 0 Å². The Morgan fingerprint density at radius 1 is 1.33 bits per heavy atom. The predicted molar refractivity (Wildman–Crippen MR) is 79.4 cm³/mol. The Hall–Kier alpha value is -0.410. The topological polar surface area (TPSA) is 24.9 Å². The normalized spacial score (nSPS) is 16.9. The molecular weight excluding hydrogens is 240 g/mol. The van der Waals surface area contributed by atoms with Gasteiger partial charge in [0.15, 0.2) is 0 Å². The minimum atomic E-state index is 0.168. The minimum Gasteiger partial charge on any atom is -0.312 e. The summed E-state index contributed by atoms with van der Waals surface area (Å²) < 4.78 is 0. The van der Waals surface area contributed by atoms with E-state index in [1.807, 2.05) is 11.3 Å². The smallest absolute Gasteiger partial charge is 0.0962 e. The molecule has 0 aromatic carbocycles. The lowest BCUT2D eigenvalue weighted by atomic mass is 9.86. The van der Waals surface area contributed by atoms with Gasteiger partial charge in [0.05, 0.1) is 10.7 Å². The fourth-order valence-corrected chi connectivity index (χ4v) is 3.70. The highest BCUT2D eigenvalue weighted by Gasteiger charge is 2.28. The first kappa shape index (κ1) is 14.0. The van der Waals surface area contributed by atoms with Gasteiger partial charge in [-0.3, -0.25) is 0 Å². The Bertz CT molecular complexity index is 386. The van der Waals surface area contributed by atoms with E-state index >= 15 is 0 Å². The van der Waals surface area contributed by atoms with Crippen molar-refractivity contribution in [3.8, 4) is 0 Å². The minimum absolute atomic E-state index is 0.168. The van der Waals surface area contributed by atoms with Crippen LogP contribution in [0.4, 0.5) is 0 Å². The van der Waals surface area contributed by atoms with Gasteiger partial charge in [0.1, 0.15) is 0 Å². The second-order valence-electron chi connectivity index (χ2n) is 6.38. The fourth-order valence-electron chi connectivity index (χ4n) is 2.28. The monoisotopic (exact) mass is 266 g/mol. The maximum absolute atomic E-state index is 4.96. The van der Waals surface area contributed by atoms with Gasteiger partial charge in [0.25, 0.3) is 0 Å². The molecule has 1 N–H and O–H groups in total. The van der Waals surface area contributed by atoms with Crippen LogP contribution in [0.3, 0.4) is 0 Å². The third-order valence-electron chi connectivity index (χ3n) is 3.59. The van der Waals surface area contributed by atoms with Crippen molar-refractivity contribution in [1.82, 2.24) is 10.3 Å². The molecule has 1 aliphatic carbocycles. The van der Waals surface area contributed by atoms with E-state index in [4.69, 9.17) is 4.98 Å². The number of nitrogens with one attached hydrogen (secondary N) is 1. The summed E-state index contributed by atoms with van der Waals surface area (Å²) in [7, 11) is 0. The summed E-state index contributed by atoms with van der Waals surface area (Å²) in [6.45, 7) is 11.1. The zero-order valence-corrected chi connectivity index (χ0v) is 13.0. The molecule has 2 nitrogen and oxygen atoms in total. The third-order valence-corrected chi connectivity index (χ3v) is 4.81. The molecule has 2 rings (SSSR count). The van der Waals surface area contributed by atoms with E-state index in [0.717, 1.165) is 19.0 Å². The van der Waals surface area contributed by atoms with Crippen LogP contribution in [0, 0.1) is 0 Å². The zero-order valence-electron chi connectivity index (χ0n) is 12.2. The summed E-state index contributed by atoms with van der Waals surface area (Å²) >= 11 is 1.95. The van der Waals surface area contributed by atoms with Crippen LogP contribution < -0.4 is 5.32 Å². The van der Waals surface area contributed by atoms with Gasteiger partial charge in [-0.25, -0.2) is 4.98 Å². The summed E-state index contributed by atoms with van der Waals surface area (Å²) in [5.74, 6) is 0.760. The van der Waals surface area contributed by atoms with Crippen LogP contribution in [0.5, 0.6) is 0 Å². The van der Waals surface area contributed by atoms with E-state index in [1.165, 1.54) is 41.3 Å². The lowest BCUT2D eigenvalue weighted by Crippen LogP contribution is -2.19. The van der Waals surface area contributed by atoms with Crippen molar-refractivity contribution in [3.05, 3.63) is 15.6 Å². The highest BCUT2D eigenvalue weighted by atomic mass is 32.1. The molecule has 18 heavy (non-hydrogen) atoms. The van der Waals surface area contributed by atoms with Gasteiger partial charge in [-0.05, 0) is 25.8 Å². The molecule has 1 fully saturated rings. The predicted octanol–water partition coefficient (Wildman–Crippen LogP) is 4.21. The van der Waals surface area contributed by atoms with Gasteiger partial charge in [0.2, 0.25) is 0 Å². The van der Waals surface area contributed by atoms with E-state index in [9.17, 15) is 0 Å². The summed E-state index contributed by atoms with van der Waals surface area (Å²) in [6, 6.07) is 0. The van der Waals surface area contributed by atoms with Crippen LogP contribution in [-0.4, -0.2) is 11.5 Å². The maximum Gasteiger partial charge on any atom is 0.0962 e. The van der Waals surface area contributed by atoms with Crippen LogP contribution in [-0.2, 0) is 12.0 Å². The van der Waals surface area contributed by atoms with Gasteiger partial charge in [-0.15, -0.1) is 11.3 Å². The molecule has 0 amide bonds. The van der Waals surface area contributed by atoms with Crippen molar-refractivity contribution >= 4 is 11.3 Å². The quantitative estimate of drug-likeness (QED) is 0.808. The molecule has 0 bridgehead atoms. The lowest BCUT2D eigenvalue weighted by Gasteiger charge is -2.23. The number of hydrogen-bond acceptors (Lipinski definition) is 3. The van der Waals surface area contributed by atoms with Crippen LogP contribution >= 0.6 is 11.3 Å². The van der Waals surface area contributed by atoms with E-state index in [-0.39, 0.29) is 5.41 Å². The molecule has 0 atom stereocenters. The third kappa shape index (κ3) is 3.12. The molecule has 1 aliphatic rings. The van der Waals surface area contributed by atoms with Crippen molar-refractivity contribution in [2.45, 2.75) is 71.3 Å². The Labute approximate surface area is 115 Å². The van der Waals surface area contributed by atoms with Crippen molar-refractivity contribution in [3.63, 3.8) is 0 Å². The molecule has 1 saturated carbocycles. The molecule has 1 aromatic rings. The van der Waals surface area contributed by atoms with Crippen LogP contribution in [0.15, 0.2) is 0 Å². The summed E-state index contributed by atoms with van der Waals surface area (Å²) in [4.78, 5) is 6.42. The van der Waals surface area contributed by atoms with Gasteiger partial charge in [-0.1, -0.05) is 34.1 Å². The molecule has 3 heteroatoms. The molecule has 1 aromatic heterocycles. The number of thiazole rings is 1. The molecular formula is C15H26N2S. The largest absolute Gasteiger partial charge is 0.312 e. The molecule has 0 spiro atoms. The van der Waals surface area contributed by atoms with Gasteiger partial charge in [0, 0.05) is 22.8 Å². The summed E-state index contributed by atoms with van der Waals surface area (Å²) in [5.41, 5.74) is 1.49. The van der Waals surface area contributed by atoms with E-state index in [0.29, 0.717) is 0 Å². The van der Waals surface area contributed by atoms with Crippen molar-refractivity contribution in [1.29, 1.82) is 0 Å². The Morgan fingerprint density at radius 3 is 2.56 bits per heavy atom. The lowest BCUT2D eigenvalue weighted by molar-refractivity contribution is 0.416. The number of hydrogen-bond donors (Lipinski definition) is 1. The van der Waals surface area contributed by atoms with Gasteiger partial charge in [-0.2, -0.15) is 0 Å². The first-order chi connectivity index (χ1) is 8.52. The summed E-state index contributed by atoms with van der Waals surface area (Å²) in [6.07, 6.45) is 5.27. The molecule has 0 unspecified atom stereocenters. The molecule has 102 valence electrons. The van der Waals surface area contributed by atoms with E-state index in [2.05, 4.69) is 33.0 Å². The average Bonchev–Trinajstić information content (AvgIpc) is 2.59. The summed E-state index contributed by atoms with van der Waals surface area (Å²) in [5, 5.41) is 4.91. The second-order valence-corrected chi connectivity index (χ2v) is 7.49. The highest BCUT2D eigenvalue weighted by molar-refractivity contribution is 7.11. The molecule has 0 aliphatic heterocycles. The average molecular weight is 266 g/mol. The van der Waals surface area contributed by atoms with Gasteiger partial charge >= 0.3 is 0 Å². The molecule has 0 radical (unpaired) electrons. The van der Waals surface area contributed by atoms with Gasteiger partial charge < -0.3 is 5.32 Å². The first-order valence-corrected chi connectivity index (χ1v) is 8.04. The number of rotatable bonds is 5. The van der Waals surface area contributed by atoms with Crippen molar-refractivity contribution in [2.24, 2.45) is 0 Å². The number of nitrogens with zero attached hydrogens (tertiary/aromatic N) is 1. The second kappa shape index (κ2) is 5.70. The van der Waals surface area contributed by atoms with E-state index in [1.54, 1.807) is 0 Å². The first-order valence-electron chi connectivity index (χ1n) is 7.23. The van der Waals surface area contributed by atoms with E-state index < -0.39 is 0 Å². The van der Waals surface area contributed by atoms with Crippen LogP contribution in [0.2, 0.25) is 0 Å². The van der Waals surface area contributed by atoms with Crippen molar-refractivity contribution < 1.29 is 0 Å². The Balaban J connectivity index is 2.15. The zero-order chi connectivity index (χ0) is 13.2. The van der Waals surface area contributed by atoms with Crippen molar-refractivity contribution in [2.75, 3.05) is 6.54 Å². The highest BCUT2D eigenvalue weighted by Crippen LogP contribution is 2.41. The Kier molecular flexibility index (Phi) is 4.44. The Morgan fingerprint density at radius 2 is 2.06 bits per heavy atom. The maximum atomic E-state index is 4.96. The standard InChI is InChI=1S/C15H26N2S/c1-5-9-16-10-12-13(15(2,3)4)17-14(18-12)11-7-6-8-11/h11,16H,5-10H2,1-4H3.